The van der Waals surface area contributed by atoms with Crippen molar-refractivity contribution in [3.63, 3.8) is 0 Å². The zero-order chi connectivity index (χ0) is 11.6. The lowest BCUT2D eigenvalue weighted by Crippen LogP contribution is -2.10. The van der Waals surface area contributed by atoms with E-state index in [1.165, 1.54) is 0 Å². The monoisotopic (exact) mass is 224 g/mol. The molecule has 15 heavy (non-hydrogen) atoms. The molecule has 0 nitrogen and oxygen atoms in total. The molecular weight excluding hydrogens is 215 g/mol. The normalized spacial score (nSPS) is 11.9. The molecule has 0 radical (unpaired) electrons. The molecule has 1 aromatic carbocycles. The van der Waals surface area contributed by atoms with Crippen molar-refractivity contribution in [3.05, 3.63) is 34.9 Å². The summed E-state index contributed by atoms with van der Waals surface area (Å²) in [5.74, 6) is -3.28. The molecule has 0 saturated carbocycles. The average Bonchev–Trinajstić information content (AvgIpc) is 2.09. The average molecular weight is 224 g/mol. The van der Waals surface area contributed by atoms with Crippen LogP contribution in [0.1, 0.15) is 24.5 Å². The van der Waals surface area contributed by atoms with Gasteiger partial charge < -0.3 is 0 Å². The van der Waals surface area contributed by atoms with Gasteiger partial charge in [-0.2, -0.15) is 13.2 Å². The van der Waals surface area contributed by atoms with Crippen LogP contribution in [0.4, 0.5) is 22.0 Å². The predicted octanol–water partition coefficient (Wildman–Crippen LogP) is 3.94. The smallest absolute Gasteiger partial charge is 0.204 e. The molecule has 0 heterocycles. The van der Waals surface area contributed by atoms with E-state index < -0.39 is 23.4 Å². The molecule has 0 bridgehead atoms. The van der Waals surface area contributed by atoms with Crippen LogP contribution in [0.3, 0.4) is 0 Å². The minimum atomic E-state index is -4.85. The molecule has 0 N–H and O–H groups in total. The maximum absolute atomic E-state index is 12.8. The second-order valence-corrected chi connectivity index (χ2v) is 3.19. The van der Waals surface area contributed by atoms with Gasteiger partial charge in [0.1, 0.15) is 0 Å². The lowest BCUT2D eigenvalue weighted by atomic mass is 10.1. The molecule has 0 aliphatic heterocycles. The molecule has 1 rings (SSSR count). The van der Waals surface area contributed by atoms with Crippen LogP contribution < -0.4 is 0 Å². The summed E-state index contributed by atoms with van der Waals surface area (Å²) in [4.78, 5) is 0. The minimum absolute atomic E-state index is 0.156. The molecule has 84 valence electrons. The Hall–Kier alpha value is -1.13. The van der Waals surface area contributed by atoms with E-state index in [1.54, 1.807) is 6.92 Å². The Morgan fingerprint density at radius 1 is 1.13 bits per heavy atom. The Morgan fingerprint density at radius 2 is 1.73 bits per heavy atom. The summed E-state index contributed by atoms with van der Waals surface area (Å²) < 4.78 is 62.4. The highest BCUT2D eigenvalue weighted by atomic mass is 19.4. The van der Waals surface area contributed by atoms with Crippen LogP contribution in [-0.4, -0.2) is 0 Å². The van der Waals surface area contributed by atoms with Crippen LogP contribution in [0, 0.1) is 11.6 Å². The van der Waals surface area contributed by atoms with E-state index in [2.05, 4.69) is 0 Å². The molecule has 0 fully saturated rings. The van der Waals surface area contributed by atoms with Crippen molar-refractivity contribution in [3.8, 4) is 0 Å². The Balaban J connectivity index is 3.25. The first-order valence-electron chi connectivity index (χ1n) is 4.41. The predicted molar refractivity (Wildman–Crippen MR) is 45.4 cm³/mol. The first-order valence-corrected chi connectivity index (χ1v) is 4.41. The van der Waals surface area contributed by atoms with Crippen LogP contribution in [0.2, 0.25) is 0 Å². The SMILES string of the molecule is CCCc1cc(F)c(F)c(C(F)(F)F)c1. The summed E-state index contributed by atoms with van der Waals surface area (Å²) in [6, 6.07) is 1.45. The maximum Gasteiger partial charge on any atom is 0.419 e. The van der Waals surface area contributed by atoms with Crippen molar-refractivity contribution in [2.24, 2.45) is 0 Å². The van der Waals surface area contributed by atoms with E-state index in [0.29, 0.717) is 18.9 Å². The molecule has 0 amide bonds. The largest absolute Gasteiger partial charge is 0.419 e. The highest BCUT2D eigenvalue weighted by Crippen LogP contribution is 2.33. The standard InChI is InChI=1S/C10H9F5/c1-2-3-6-4-7(10(13,14)15)9(12)8(11)5-6/h4-5H,2-3H2,1H3. The molecule has 0 spiro atoms. The van der Waals surface area contributed by atoms with Gasteiger partial charge in [0.2, 0.25) is 0 Å². The topological polar surface area (TPSA) is 0 Å². The molecular formula is C10H9F5. The lowest BCUT2D eigenvalue weighted by molar-refractivity contribution is -0.140. The Morgan fingerprint density at radius 3 is 2.20 bits per heavy atom. The molecule has 0 atom stereocenters. The van der Waals surface area contributed by atoms with Crippen LogP contribution in [-0.2, 0) is 12.6 Å². The Kier molecular flexibility index (Phi) is 3.31. The van der Waals surface area contributed by atoms with Gasteiger partial charge >= 0.3 is 6.18 Å². The number of halogens is 5. The van der Waals surface area contributed by atoms with Crippen LogP contribution in [0.25, 0.3) is 0 Å². The zero-order valence-electron chi connectivity index (χ0n) is 7.96. The third-order valence-electron chi connectivity index (χ3n) is 1.93. The summed E-state index contributed by atoms with van der Waals surface area (Å²) in [6.07, 6.45) is -3.99. The van der Waals surface area contributed by atoms with Crippen LogP contribution >= 0.6 is 0 Å². The van der Waals surface area contributed by atoms with Crippen molar-refractivity contribution >= 4 is 0 Å². The fourth-order valence-electron chi connectivity index (χ4n) is 1.28. The number of rotatable bonds is 2. The Bertz CT molecular complexity index is 354. The van der Waals surface area contributed by atoms with Crippen molar-refractivity contribution in [2.45, 2.75) is 25.9 Å². The van der Waals surface area contributed by atoms with Gasteiger partial charge in [0.05, 0.1) is 5.56 Å². The van der Waals surface area contributed by atoms with Crippen molar-refractivity contribution < 1.29 is 22.0 Å². The number of hydrogen-bond donors (Lipinski definition) is 0. The van der Waals surface area contributed by atoms with Crippen LogP contribution in [0.15, 0.2) is 12.1 Å². The van der Waals surface area contributed by atoms with Gasteiger partial charge in [-0.05, 0) is 24.1 Å². The van der Waals surface area contributed by atoms with Crippen molar-refractivity contribution in [1.29, 1.82) is 0 Å². The third kappa shape index (κ3) is 2.67. The summed E-state index contributed by atoms with van der Waals surface area (Å²) in [6.45, 7) is 1.74. The fourth-order valence-corrected chi connectivity index (χ4v) is 1.28. The van der Waals surface area contributed by atoms with E-state index >= 15 is 0 Å². The van der Waals surface area contributed by atoms with Gasteiger partial charge in [-0.3, -0.25) is 0 Å². The highest BCUT2D eigenvalue weighted by Gasteiger charge is 2.35. The van der Waals surface area contributed by atoms with Crippen molar-refractivity contribution in [2.75, 3.05) is 0 Å². The molecule has 0 unspecified atom stereocenters. The second-order valence-electron chi connectivity index (χ2n) is 3.19. The third-order valence-corrected chi connectivity index (χ3v) is 1.93. The number of alkyl halides is 3. The Labute approximate surface area is 83.7 Å². The summed E-state index contributed by atoms with van der Waals surface area (Å²) in [5, 5.41) is 0. The summed E-state index contributed by atoms with van der Waals surface area (Å²) in [5.41, 5.74) is -1.38. The molecule has 0 saturated heterocycles. The first kappa shape index (κ1) is 11.9. The van der Waals surface area contributed by atoms with Gasteiger partial charge in [-0.15, -0.1) is 0 Å². The fraction of sp³-hybridized carbons (Fsp3) is 0.400. The van der Waals surface area contributed by atoms with E-state index in [1.807, 2.05) is 0 Å². The summed E-state index contributed by atoms with van der Waals surface area (Å²) >= 11 is 0. The van der Waals surface area contributed by atoms with E-state index in [0.717, 1.165) is 6.07 Å². The van der Waals surface area contributed by atoms with Gasteiger partial charge in [-0.1, -0.05) is 13.3 Å². The molecule has 5 heteroatoms. The number of hydrogen-bond acceptors (Lipinski definition) is 0. The quantitative estimate of drug-likeness (QED) is 0.667. The maximum atomic E-state index is 12.8. The summed E-state index contributed by atoms with van der Waals surface area (Å²) in [7, 11) is 0. The molecule has 0 aliphatic carbocycles. The van der Waals surface area contributed by atoms with Gasteiger partial charge in [-0.25, -0.2) is 8.78 Å². The first-order chi connectivity index (χ1) is 6.86. The zero-order valence-corrected chi connectivity index (χ0v) is 7.96. The molecule has 0 aromatic heterocycles. The van der Waals surface area contributed by atoms with Gasteiger partial charge in [0.15, 0.2) is 11.6 Å². The minimum Gasteiger partial charge on any atom is -0.204 e. The highest BCUT2D eigenvalue weighted by molar-refractivity contribution is 5.28. The number of benzene rings is 1. The second kappa shape index (κ2) is 4.16. The molecule has 0 aliphatic rings. The number of aryl methyl sites for hydroxylation is 1. The van der Waals surface area contributed by atoms with E-state index in [-0.39, 0.29) is 5.56 Å². The van der Waals surface area contributed by atoms with Crippen molar-refractivity contribution in [1.82, 2.24) is 0 Å². The molecule has 1 aromatic rings. The van der Waals surface area contributed by atoms with E-state index in [4.69, 9.17) is 0 Å². The van der Waals surface area contributed by atoms with Crippen LogP contribution in [0.5, 0.6) is 0 Å². The van der Waals surface area contributed by atoms with Gasteiger partial charge in [0.25, 0.3) is 0 Å². The van der Waals surface area contributed by atoms with Gasteiger partial charge in [0, 0.05) is 0 Å². The van der Waals surface area contributed by atoms with E-state index in [9.17, 15) is 22.0 Å². The lowest BCUT2D eigenvalue weighted by Gasteiger charge is -2.10.